The number of pyridine rings is 1. The fourth-order valence-corrected chi connectivity index (χ4v) is 1.54. The van der Waals surface area contributed by atoms with Crippen molar-refractivity contribution in [2.75, 3.05) is 31.7 Å². The van der Waals surface area contributed by atoms with Crippen LogP contribution in [0.4, 0.5) is 5.82 Å². The normalized spacial score (nSPS) is 9.94. The van der Waals surface area contributed by atoms with Crippen LogP contribution in [-0.2, 0) is 9.53 Å². The summed E-state index contributed by atoms with van der Waals surface area (Å²) in [5, 5.41) is 0. The predicted octanol–water partition coefficient (Wildman–Crippen LogP) is 1.87. The Bertz CT molecular complexity index is 382. The quantitative estimate of drug-likeness (QED) is 0.693. The van der Waals surface area contributed by atoms with Crippen molar-refractivity contribution in [1.82, 2.24) is 4.98 Å². The van der Waals surface area contributed by atoms with Gasteiger partial charge in [0.1, 0.15) is 0 Å². The molecule has 0 aliphatic rings. The van der Waals surface area contributed by atoms with Crippen LogP contribution in [0, 0.1) is 0 Å². The number of rotatable bonds is 7. The zero-order chi connectivity index (χ0) is 13.4. The van der Waals surface area contributed by atoms with Gasteiger partial charge in [0.05, 0.1) is 19.6 Å². The third-order valence-electron chi connectivity index (χ3n) is 2.37. The van der Waals surface area contributed by atoms with E-state index in [9.17, 15) is 4.79 Å². The van der Waals surface area contributed by atoms with Gasteiger partial charge in [0.25, 0.3) is 0 Å². The van der Waals surface area contributed by atoms with Crippen LogP contribution in [0.2, 0.25) is 0 Å². The van der Waals surface area contributed by atoms with Crippen molar-refractivity contribution >= 4 is 11.8 Å². The standard InChI is InChI=1S/C13H20N2O3/c1-4-17-11-7-6-9-14-13(11)15(3)10-8-12(16)18-5-2/h6-7,9H,4-5,8,10H2,1-3H3. The molecule has 0 atom stereocenters. The lowest BCUT2D eigenvalue weighted by atomic mass is 10.3. The lowest BCUT2D eigenvalue weighted by Crippen LogP contribution is -2.23. The molecule has 0 fully saturated rings. The number of hydrogen-bond acceptors (Lipinski definition) is 5. The van der Waals surface area contributed by atoms with Crippen molar-refractivity contribution in [2.45, 2.75) is 20.3 Å². The predicted molar refractivity (Wildman–Crippen MR) is 69.9 cm³/mol. The molecule has 0 bridgehead atoms. The van der Waals surface area contributed by atoms with Gasteiger partial charge in [-0.25, -0.2) is 4.98 Å². The second-order valence-corrected chi connectivity index (χ2v) is 3.73. The maximum Gasteiger partial charge on any atom is 0.307 e. The summed E-state index contributed by atoms with van der Waals surface area (Å²) in [6, 6.07) is 3.69. The minimum Gasteiger partial charge on any atom is -0.490 e. The Labute approximate surface area is 108 Å². The summed E-state index contributed by atoms with van der Waals surface area (Å²) in [6.45, 7) is 5.28. The lowest BCUT2D eigenvalue weighted by molar-refractivity contribution is -0.142. The molecule has 0 radical (unpaired) electrons. The Morgan fingerprint density at radius 3 is 2.83 bits per heavy atom. The van der Waals surface area contributed by atoms with Crippen LogP contribution >= 0.6 is 0 Å². The Morgan fingerprint density at radius 2 is 2.17 bits per heavy atom. The smallest absolute Gasteiger partial charge is 0.307 e. The van der Waals surface area contributed by atoms with Gasteiger partial charge in [-0.05, 0) is 26.0 Å². The average Bonchev–Trinajstić information content (AvgIpc) is 2.37. The third kappa shape index (κ3) is 4.24. The molecule has 1 aromatic heterocycles. The minimum absolute atomic E-state index is 0.196. The first-order valence-electron chi connectivity index (χ1n) is 6.13. The second-order valence-electron chi connectivity index (χ2n) is 3.73. The molecule has 1 rings (SSSR count). The number of carbonyl (C=O) groups excluding carboxylic acids is 1. The number of ether oxygens (including phenoxy) is 2. The number of hydrogen-bond donors (Lipinski definition) is 0. The molecule has 18 heavy (non-hydrogen) atoms. The van der Waals surface area contributed by atoms with Gasteiger partial charge >= 0.3 is 5.97 Å². The Balaban J connectivity index is 2.60. The fourth-order valence-electron chi connectivity index (χ4n) is 1.54. The topological polar surface area (TPSA) is 51.7 Å². The highest BCUT2D eigenvalue weighted by Crippen LogP contribution is 2.24. The second kappa shape index (κ2) is 7.53. The molecule has 0 N–H and O–H groups in total. The van der Waals surface area contributed by atoms with E-state index in [0.717, 1.165) is 11.6 Å². The molecule has 0 amide bonds. The molecule has 5 nitrogen and oxygen atoms in total. The number of aromatic nitrogens is 1. The molecule has 0 aromatic carbocycles. The van der Waals surface area contributed by atoms with Gasteiger partial charge in [0.2, 0.25) is 0 Å². The molecule has 0 aliphatic heterocycles. The maximum absolute atomic E-state index is 11.3. The van der Waals surface area contributed by atoms with Crippen LogP contribution in [0.15, 0.2) is 18.3 Å². The van der Waals surface area contributed by atoms with E-state index >= 15 is 0 Å². The largest absolute Gasteiger partial charge is 0.490 e. The van der Waals surface area contributed by atoms with Crippen LogP contribution in [0.5, 0.6) is 5.75 Å². The molecule has 0 saturated carbocycles. The number of esters is 1. The van der Waals surface area contributed by atoms with E-state index in [0.29, 0.717) is 26.2 Å². The first kappa shape index (κ1) is 14.3. The Hall–Kier alpha value is -1.78. The molecule has 5 heteroatoms. The molecule has 1 aromatic rings. The van der Waals surface area contributed by atoms with E-state index in [2.05, 4.69) is 4.98 Å². The van der Waals surface area contributed by atoms with E-state index in [-0.39, 0.29) is 5.97 Å². The summed E-state index contributed by atoms with van der Waals surface area (Å²) in [5.41, 5.74) is 0. The van der Waals surface area contributed by atoms with Crippen molar-refractivity contribution in [3.05, 3.63) is 18.3 Å². The maximum atomic E-state index is 11.3. The summed E-state index contributed by atoms with van der Waals surface area (Å²) in [5.74, 6) is 1.27. The molecular formula is C13H20N2O3. The van der Waals surface area contributed by atoms with E-state index in [1.54, 1.807) is 13.1 Å². The lowest BCUT2D eigenvalue weighted by Gasteiger charge is -2.20. The molecule has 1 heterocycles. The van der Waals surface area contributed by atoms with Crippen LogP contribution in [0.3, 0.4) is 0 Å². The van der Waals surface area contributed by atoms with Crippen molar-refractivity contribution < 1.29 is 14.3 Å². The first-order chi connectivity index (χ1) is 8.69. The van der Waals surface area contributed by atoms with Gasteiger partial charge < -0.3 is 14.4 Å². The first-order valence-corrected chi connectivity index (χ1v) is 6.13. The van der Waals surface area contributed by atoms with Gasteiger partial charge in [-0.1, -0.05) is 0 Å². The molecular weight excluding hydrogens is 232 g/mol. The number of nitrogens with zero attached hydrogens (tertiary/aromatic N) is 2. The van der Waals surface area contributed by atoms with Gasteiger partial charge in [-0.15, -0.1) is 0 Å². The summed E-state index contributed by atoms with van der Waals surface area (Å²) >= 11 is 0. The van der Waals surface area contributed by atoms with E-state index in [4.69, 9.17) is 9.47 Å². The molecule has 100 valence electrons. The van der Waals surface area contributed by atoms with Crippen molar-refractivity contribution in [1.29, 1.82) is 0 Å². The highest BCUT2D eigenvalue weighted by atomic mass is 16.5. The highest BCUT2D eigenvalue weighted by Gasteiger charge is 2.11. The molecule has 0 unspecified atom stereocenters. The van der Waals surface area contributed by atoms with Crippen molar-refractivity contribution in [3.63, 3.8) is 0 Å². The fraction of sp³-hybridized carbons (Fsp3) is 0.538. The zero-order valence-electron chi connectivity index (χ0n) is 11.2. The average molecular weight is 252 g/mol. The van der Waals surface area contributed by atoms with Gasteiger partial charge in [-0.2, -0.15) is 0 Å². The van der Waals surface area contributed by atoms with Gasteiger partial charge in [-0.3, -0.25) is 4.79 Å². The third-order valence-corrected chi connectivity index (χ3v) is 2.37. The van der Waals surface area contributed by atoms with E-state index in [1.807, 2.05) is 31.0 Å². The van der Waals surface area contributed by atoms with Gasteiger partial charge in [0.15, 0.2) is 11.6 Å². The van der Waals surface area contributed by atoms with Gasteiger partial charge in [0, 0.05) is 19.8 Å². The minimum atomic E-state index is -0.196. The van der Waals surface area contributed by atoms with E-state index in [1.165, 1.54) is 0 Å². The SMILES string of the molecule is CCOC(=O)CCN(C)c1ncccc1OCC. The van der Waals surface area contributed by atoms with E-state index < -0.39 is 0 Å². The highest BCUT2D eigenvalue weighted by molar-refractivity contribution is 5.70. The Kier molecular flexibility index (Phi) is 5.97. The summed E-state index contributed by atoms with van der Waals surface area (Å²) in [6.07, 6.45) is 2.05. The summed E-state index contributed by atoms with van der Waals surface area (Å²) in [7, 11) is 1.88. The van der Waals surface area contributed by atoms with Crippen LogP contribution < -0.4 is 9.64 Å². The van der Waals surface area contributed by atoms with Crippen molar-refractivity contribution in [2.24, 2.45) is 0 Å². The van der Waals surface area contributed by atoms with Crippen LogP contribution in [0.1, 0.15) is 20.3 Å². The van der Waals surface area contributed by atoms with Crippen LogP contribution in [-0.4, -0.2) is 37.8 Å². The molecule has 0 spiro atoms. The van der Waals surface area contributed by atoms with Crippen molar-refractivity contribution in [3.8, 4) is 5.75 Å². The summed E-state index contributed by atoms with van der Waals surface area (Å²) in [4.78, 5) is 17.4. The molecule has 0 saturated heterocycles. The van der Waals surface area contributed by atoms with Crippen LogP contribution in [0.25, 0.3) is 0 Å². The zero-order valence-corrected chi connectivity index (χ0v) is 11.2. The Morgan fingerprint density at radius 1 is 1.39 bits per heavy atom. The number of carbonyl (C=O) groups is 1. The monoisotopic (exact) mass is 252 g/mol. The molecule has 0 aliphatic carbocycles. The summed E-state index contributed by atoms with van der Waals surface area (Å²) < 4.78 is 10.4. The number of anilines is 1.